The molecular formula is C36H36N2O7. The number of hydrogen-bond donors (Lipinski definition) is 3. The lowest BCUT2D eigenvalue weighted by atomic mass is 9.96. The van der Waals surface area contributed by atoms with Crippen LogP contribution >= 0.6 is 0 Å². The van der Waals surface area contributed by atoms with Gasteiger partial charge in [-0.1, -0.05) is 36.4 Å². The molecule has 1 aliphatic rings. The number of benzene rings is 4. The Bertz CT molecular complexity index is 1710. The van der Waals surface area contributed by atoms with Crippen molar-refractivity contribution >= 4 is 5.97 Å². The van der Waals surface area contributed by atoms with Gasteiger partial charge in [-0.25, -0.2) is 0 Å². The van der Waals surface area contributed by atoms with E-state index in [9.17, 15) is 15.2 Å². The first kappa shape index (κ1) is 31.4. The summed E-state index contributed by atoms with van der Waals surface area (Å²) in [5.74, 6) is 1.66. The molecule has 0 aromatic heterocycles. The van der Waals surface area contributed by atoms with Gasteiger partial charge in [0.15, 0.2) is 11.5 Å². The molecule has 45 heavy (non-hydrogen) atoms. The van der Waals surface area contributed by atoms with Crippen molar-refractivity contribution in [2.24, 2.45) is 0 Å². The van der Waals surface area contributed by atoms with Crippen molar-refractivity contribution in [3.63, 3.8) is 0 Å². The summed E-state index contributed by atoms with van der Waals surface area (Å²) in [5, 5.41) is 31.4. The summed E-state index contributed by atoms with van der Waals surface area (Å²) in [6, 6.07) is 25.3. The normalized spacial score (nSPS) is 12.7. The van der Waals surface area contributed by atoms with E-state index in [0.29, 0.717) is 43.4 Å². The fraction of sp³-hybridized carbons (Fsp3) is 0.278. The summed E-state index contributed by atoms with van der Waals surface area (Å²) in [6.07, 6.45) is -1.35. The van der Waals surface area contributed by atoms with Crippen LogP contribution in [0.1, 0.15) is 39.8 Å². The van der Waals surface area contributed by atoms with Crippen LogP contribution in [0.2, 0.25) is 0 Å². The molecule has 9 nitrogen and oxygen atoms in total. The topological polar surface area (TPSA) is 130 Å². The van der Waals surface area contributed by atoms with E-state index in [1.807, 2.05) is 61.5 Å². The van der Waals surface area contributed by atoms with Crippen LogP contribution in [-0.2, 0) is 24.6 Å². The van der Waals surface area contributed by atoms with E-state index >= 15 is 0 Å². The number of hydrogen-bond acceptors (Lipinski definition) is 8. The highest BCUT2D eigenvalue weighted by molar-refractivity contribution is 5.71. The Kier molecular flexibility index (Phi) is 10.2. The smallest absolute Gasteiger partial charge is 0.306 e. The molecule has 1 aliphatic heterocycles. The minimum absolute atomic E-state index is 0.118. The minimum atomic E-state index is -1.06. The molecule has 3 N–H and O–H groups in total. The number of carboxylic acid groups (broad SMARTS) is 1. The second kappa shape index (κ2) is 14.6. The maximum Gasteiger partial charge on any atom is 0.306 e. The summed E-state index contributed by atoms with van der Waals surface area (Å²) in [4.78, 5) is 10.9. The Balaban J connectivity index is 1.34. The van der Waals surface area contributed by atoms with Crippen LogP contribution in [0.4, 0.5) is 0 Å². The van der Waals surface area contributed by atoms with Gasteiger partial charge in [-0.3, -0.25) is 4.79 Å². The summed E-state index contributed by atoms with van der Waals surface area (Å²) >= 11 is 0. The van der Waals surface area contributed by atoms with Crippen LogP contribution < -0.4 is 24.3 Å². The molecule has 0 fully saturated rings. The maximum atomic E-state index is 10.9. The van der Waals surface area contributed by atoms with Crippen LogP contribution in [0.5, 0.6) is 23.0 Å². The van der Waals surface area contributed by atoms with Gasteiger partial charge in [-0.2, -0.15) is 5.26 Å². The third-order valence-corrected chi connectivity index (χ3v) is 7.64. The minimum Gasteiger partial charge on any atom is -0.489 e. The number of nitriles is 1. The third-order valence-electron chi connectivity index (χ3n) is 7.64. The van der Waals surface area contributed by atoms with Gasteiger partial charge in [0.25, 0.3) is 0 Å². The summed E-state index contributed by atoms with van der Waals surface area (Å²) < 4.78 is 24.0. The molecule has 0 bridgehead atoms. The van der Waals surface area contributed by atoms with E-state index in [-0.39, 0.29) is 19.6 Å². The lowest BCUT2D eigenvalue weighted by molar-refractivity contribution is -0.139. The van der Waals surface area contributed by atoms with Gasteiger partial charge >= 0.3 is 5.97 Å². The van der Waals surface area contributed by atoms with Crippen molar-refractivity contribution in [3.8, 4) is 40.2 Å². The molecule has 1 heterocycles. The Morgan fingerprint density at radius 2 is 1.78 bits per heavy atom. The highest BCUT2D eigenvalue weighted by Crippen LogP contribution is 2.36. The van der Waals surface area contributed by atoms with Gasteiger partial charge in [0.2, 0.25) is 0 Å². The fourth-order valence-electron chi connectivity index (χ4n) is 5.25. The van der Waals surface area contributed by atoms with Crippen LogP contribution in [0, 0.1) is 25.2 Å². The molecular weight excluding hydrogens is 572 g/mol. The van der Waals surface area contributed by atoms with E-state index in [4.69, 9.17) is 24.1 Å². The number of ether oxygens (including phenoxy) is 4. The van der Waals surface area contributed by atoms with Gasteiger partial charge in [-0.15, -0.1) is 0 Å². The number of aliphatic hydroxyl groups excluding tert-OH is 1. The van der Waals surface area contributed by atoms with Gasteiger partial charge in [-0.05, 0) is 77.6 Å². The molecule has 4 aromatic carbocycles. The van der Waals surface area contributed by atoms with E-state index < -0.39 is 12.1 Å². The van der Waals surface area contributed by atoms with E-state index in [2.05, 4.69) is 24.4 Å². The molecule has 5 rings (SSSR count). The molecule has 4 aromatic rings. The predicted molar refractivity (Wildman–Crippen MR) is 169 cm³/mol. The molecule has 0 spiro atoms. The number of carboxylic acids is 1. The Labute approximate surface area is 262 Å². The van der Waals surface area contributed by atoms with E-state index in [0.717, 1.165) is 50.4 Å². The molecule has 0 unspecified atom stereocenters. The van der Waals surface area contributed by atoms with E-state index in [1.54, 1.807) is 12.1 Å². The summed E-state index contributed by atoms with van der Waals surface area (Å²) in [6.45, 7) is 6.16. The SMILES string of the molecule is Cc1cc(OCc2cccc(-c3ccc4c(c3)OCCO4)c2C)cc(OCc2cccc(C#N)c2)c1CNC[C@@H](O)CC(=O)O. The van der Waals surface area contributed by atoms with Gasteiger partial charge in [0.05, 0.1) is 24.2 Å². The molecule has 0 radical (unpaired) electrons. The number of aliphatic carboxylic acids is 1. The van der Waals surface area contributed by atoms with Crippen molar-refractivity contribution in [2.75, 3.05) is 19.8 Å². The van der Waals surface area contributed by atoms with Crippen LogP contribution in [0.25, 0.3) is 11.1 Å². The van der Waals surface area contributed by atoms with Crippen LogP contribution in [0.3, 0.4) is 0 Å². The number of carbonyl (C=O) groups is 1. The largest absolute Gasteiger partial charge is 0.489 e. The Morgan fingerprint density at radius 1 is 0.978 bits per heavy atom. The average molecular weight is 609 g/mol. The number of fused-ring (bicyclic) bond motifs is 1. The lowest BCUT2D eigenvalue weighted by Crippen LogP contribution is -2.28. The monoisotopic (exact) mass is 608 g/mol. The molecule has 0 saturated carbocycles. The third kappa shape index (κ3) is 8.12. The number of nitrogens with one attached hydrogen (secondary N) is 1. The zero-order valence-corrected chi connectivity index (χ0v) is 25.3. The zero-order chi connectivity index (χ0) is 31.8. The summed E-state index contributed by atoms with van der Waals surface area (Å²) in [5.41, 5.74) is 7.42. The van der Waals surface area contributed by atoms with Crippen LogP contribution in [-0.4, -0.2) is 42.0 Å². The molecule has 0 amide bonds. The highest BCUT2D eigenvalue weighted by atomic mass is 16.6. The molecule has 0 aliphatic carbocycles. The molecule has 232 valence electrons. The standard InChI is InChI=1S/C36H36N2O7/c1-23-13-30(44-22-28-7-4-8-31(24(28)2)27-9-10-33-35(15-27)43-12-11-42-33)17-34(32(23)20-38-19-29(39)16-36(40)41)45-21-26-6-3-5-25(14-26)18-37/h3-10,13-15,17,29,38-39H,11-12,16,19-22H2,1-2H3,(H,40,41)/t29-/m0/s1. The first-order chi connectivity index (χ1) is 21.8. The molecule has 1 atom stereocenters. The molecule has 0 saturated heterocycles. The lowest BCUT2D eigenvalue weighted by Gasteiger charge is -2.20. The first-order valence-electron chi connectivity index (χ1n) is 14.8. The predicted octanol–water partition coefficient (Wildman–Crippen LogP) is 5.70. The van der Waals surface area contributed by atoms with Gasteiger partial charge in [0.1, 0.15) is 37.9 Å². The second-order valence-corrected chi connectivity index (χ2v) is 10.9. The first-order valence-corrected chi connectivity index (χ1v) is 14.8. The summed E-state index contributed by atoms with van der Waals surface area (Å²) in [7, 11) is 0. The maximum absolute atomic E-state index is 10.9. The average Bonchev–Trinajstić information content (AvgIpc) is 3.03. The number of rotatable bonds is 13. The van der Waals surface area contributed by atoms with Crippen molar-refractivity contribution in [1.29, 1.82) is 5.26 Å². The van der Waals surface area contributed by atoms with Gasteiger partial charge < -0.3 is 34.5 Å². The number of aliphatic hydroxyl groups is 1. The molecule has 9 heteroatoms. The fourth-order valence-corrected chi connectivity index (χ4v) is 5.25. The van der Waals surface area contributed by atoms with Crippen molar-refractivity contribution in [1.82, 2.24) is 5.32 Å². The Morgan fingerprint density at radius 3 is 2.58 bits per heavy atom. The van der Waals surface area contributed by atoms with Crippen LogP contribution in [0.15, 0.2) is 72.8 Å². The Hall–Kier alpha value is -5.04. The zero-order valence-electron chi connectivity index (χ0n) is 25.3. The second-order valence-electron chi connectivity index (χ2n) is 10.9. The highest BCUT2D eigenvalue weighted by Gasteiger charge is 2.16. The number of aryl methyl sites for hydroxylation is 1. The van der Waals surface area contributed by atoms with Gasteiger partial charge in [0, 0.05) is 24.7 Å². The van der Waals surface area contributed by atoms with Crippen molar-refractivity contribution < 1.29 is 34.0 Å². The van der Waals surface area contributed by atoms with Crippen molar-refractivity contribution in [3.05, 3.63) is 106 Å². The van der Waals surface area contributed by atoms with E-state index in [1.165, 1.54) is 0 Å². The number of nitrogens with zero attached hydrogens (tertiary/aromatic N) is 1. The van der Waals surface area contributed by atoms with Crippen molar-refractivity contribution in [2.45, 2.75) is 46.1 Å². The quantitative estimate of drug-likeness (QED) is 0.175.